The first kappa shape index (κ1) is 22.4. The van der Waals surface area contributed by atoms with Crippen LogP contribution in [0, 0.1) is 0 Å². The molecule has 2 heterocycles. The van der Waals surface area contributed by atoms with Crippen LogP contribution in [0.2, 0.25) is 0 Å². The van der Waals surface area contributed by atoms with Gasteiger partial charge < -0.3 is 24.8 Å². The van der Waals surface area contributed by atoms with E-state index >= 15 is 0 Å². The quantitative estimate of drug-likeness (QED) is 0.636. The number of nitrogens with zero attached hydrogens (tertiary/aromatic N) is 2. The second-order valence-corrected chi connectivity index (χ2v) is 8.50. The van der Waals surface area contributed by atoms with Crippen LogP contribution in [0.25, 0.3) is 0 Å². The van der Waals surface area contributed by atoms with Crippen molar-refractivity contribution >= 4 is 27.9 Å². The van der Waals surface area contributed by atoms with E-state index in [1.807, 2.05) is 20.8 Å². The van der Waals surface area contributed by atoms with Gasteiger partial charge in [0, 0.05) is 32.2 Å². The summed E-state index contributed by atoms with van der Waals surface area (Å²) < 4.78 is 11.7. The van der Waals surface area contributed by atoms with Gasteiger partial charge in [0.15, 0.2) is 6.10 Å². The van der Waals surface area contributed by atoms with E-state index in [0.717, 1.165) is 0 Å². The van der Waals surface area contributed by atoms with Gasteiger partial charge in [0.1, 0.15) is 16.0 Å². The van der Waals surface area contributed by atoms with Gasteiger partial charge in [-0.2, -0.15) is 0 Å². The highest BCUT2D eigenvalue weighted by atomic mass is 79.9. The number of carbonyl (C=O) groups is 2. The van der Waals surface area contributed by atoms with Crippen molar-refractivity contribution in [3.8, 4) is 5.75 Å². The molecule has 0 unspecified atom stereocenters. The molecule has 1 atom stereocenters. The summed E-state index contributed by atoms with van der Waals surface area (Å²) in [7, 11) is 0. The molecule has 0 bridgehead atoms. The third kappa shape index (κ3) is 7.27. The van der Waals surface area contributed by atoms with E-state index in [1.165, 1.54) is 6.20 Å². The van der Waals surface area contributed by atoms with Gasteiger partial charge in [0.25, 0.3) is 5.91 Å². The van der Waals surface area contributed by atoms with Crippen LogP contribution in [0.3, 0.4) is 0 Å². The summed E-state index contributed by atoms with van der Waals surface area (Å²) in [4.78, 5) is 30.4. The number of halogens is 1. The number of amides is 2. The Hall–Kier alpha value is -1.87. The summed E-state index contributed by atoms with van der Waals surface area (Å²) in [6.07, 6.45) is 1.82. The van der Waals surface area contributed by atoms with Crippen LogP contribution in [0.1, 0.15) is 40.0 Å². The van der Waals surface area contributed by atoms with E-state index in [2.05, 4.69) is 26.2 Å². The molecule has 156 valence electrons. The Morgan fingerprint density at radius 3 is 2.57 bits per heavy atom. The summed E-state index contributed by atoms with van der Waals surface area (Å²) >= 11 is 3.25. The molecule has 28 heavy (non-hydrogen) atoms. The first-order chi connectivity index (χ1) is 13.2. The fraction of sp³-hybridized carbons (Fsp3) is 0.632. The van der Waals surface area contributed by atoms with Crippen molar-refractivity contribution < 1.29 is 24.2 Å². The number of ether oxygens (including phenoxy) is 2. The molecule has 1 aliphatic rings. The van der Waals surface area contributed by atoms with Gasteiger partial charge in [-0.1, -0.05) is 0 Å². The molecule has 0 radical (unpaired) electrons. The van der Waals surface area contributed by atoms with Crippen LogP contribution in [0.4, 0.5) is 4.79 Å². The summed E-state index contributed by atoms with van der Waals surface area (Å²) in [5, 5.41) is 12.2. The Labute approximate surface area is 173 Å². The van der Waals surface area contributed by atoms with Crippen LogP contribution in [-0.4, -0.2) is 64.4 Å². The van der Waals surface area contributed by atoms with Crippen LogP contribution in [-0.2, 0) is 9.53 Å². The number of hydrogen-bond donors (Lipinski definition) is 2. The highest BCUT2D eigenvalue weighted by Gasteiger charge is 2.29. The summed E-state index contributed by atoms with van der Waals surface area (Å²) in [5.41, 5.74) is -0.529. The molecule has 1 saturated heterocycles. The molecule has 2 N–H and O–H groups in total. The fourth-order valence-electron chi connectivity index (χ4n) is 2.78. The van der Waals surface area contributed by atoms with Crippen LogP contribution < -0.4 is 10.1 Å². The first-order valence-corrected chi connectivity index (χ1v) is 10.1. The highest BCUT2D eigenvalue weighted by molar-refractivity contribution is 9.10. The van der Waals surface area contributed by atoms with Crippen molar-refractivity contribution in [2.24, 2.45) is 0 Å². The summed E-state index contributed by atoms with van der Waals surface area (Å²) in [6.45, 7) is 6.36. The Bertz CT molecular complexity index is 655. The van der Waals surface area contributed by atoms with Crippen molar-refractivity contribution in [2.45, 2.75) is 57.8 Å². The minimum absolute atomic E-state index is 0.0565. The zero-order valence-electron chi connectivity index (χ0n) is 16.5. The number of pyridine rings is 1. The molecule has 0 spiro atoms. The molecule has 0 saturated carbocycles. The van der Waals surface area contributed by atoms with Gasteiger partial charge in [0.05, 0.1) is 6.20 Å². The molecule has 9 heteroatoms. The number of rotatable bonds is 6. The lowest BCUT2D eigenvalue weighted by Crippen LogP contribution is -2.50. The van der Waals surface area contributed by atoms with Gasteiger partial charge in [-0.3, -0.25) is 4.79 Å². The zero-order valence-corrected chi connectivity index (χ0v) is 18.1. The predicted molar refractivity (Wildman–Crippen MR) is 107 cm³/mol. The van der Waals surface area contributed by atoms with Crippen molar-refractivity contribution in [1.82, 2.24) is 15.2 Å². The molecule has 1 fully saturated rings. The predicted octanol–water partition coefficient (Wildman–Crippen LogP) is 2.49. The number of carbonyl (C=O) groups excluding carboxylic acids is 2. The molecular weight excluding hydrogens is 430 g/mol. The number of aliphatic hydroxyl groups is 1. The van der Waals surface area contributed by atoms with Crippen molar-refractivity contribution in [3.05, 3.63) is 22.9 Å². The molecule has 2 rings (SSSR count). The van der Waals surface area contributed by atoms with Crippen LogP contribution in [0.15, 0.2) is 22.9 Å². The Morgan fingerprint density at radius 1 is 1.36 bits per heavy atom. The number of nitrogens with one attached hydrogen (secondary N) is 1. The minimum Gasteiger partial charge on any atom is -0.479 e. The third-order valence-corrected chi connectivity index (χ3v) is 4.62. The van der Waals surface area contributed by atoms with Crippen molar-refractivity contribution in [3.63, 3.8) is 0 Å². The van der Waals surface area contributed by atoms with Gasteiger partial charge in [0.2, 0.25) is 0 Å². The standard InChI is InChI=1S/C19H28BrN3O5/c1-19(2,3)28-18(26)23-9-6-13(7-10-23)22-17(25)15(8-11-24)27-14-4-5-16(20)21-12-14/h4-5,12-13,15,24H,6-11H2,1-3H3,(H,22,25)/t15-/m0/s1. The SMILES string of the molecule is CC(C)(C)OC(=O)N1CCC(NC(=O)[C@H](CCO)Oc2ccc(Br)nc2)CC1. The third-order valence-electron chi connectivity index (χ3n) is 4.16. The fourth-order valence-corrected chi connectivity index (χ4v) is 3.02. The molecule has 1 aromatic heterocycles. The van der Waals surface area contributed by atoms with Gasteiger partial charge in [-0.05, 0) is 61.7 Å². The maximum Gasteiger partial charge on any atom is 0.410 e. The molecule has 1 aliphatic heterocycles. The Balaban J connectivity index is 1.85. The number of likely N-dealkylation sites (tertiary alicyclic amines) is 1. The van der Waals surface area contributed by atoms with E-state index in [1.54, 1.807) is 17.0 Å². The normalized spacial score (nSPS) is 16.4. The van der Waals surface area contributed by atoms with Gasteiger partial charge in [-0.15, -0.1) is 0 Å². The number of aromatic nitrogens is 1. The number of aliphatic hydroxyl groups excluding tert-OH is 1. The smallest absolute Gasteiger partial charge is 0.410 e. The molecule has 0 aliphatic carbocycles. The molecular formula is C19H28BrN3O5. The second kappa shape index (κ2) is 10.1. The van der Waals surface area contributed by atoms with Crippen molar-refractivity contribution in [1.29, 1.82) is 0 Å². The van der Waals surface area contributed by atoms with E-state index in [-0.39, 0.29) is 31.1 Å². The maximum atomic E-state index is 12.6. The van der Waals surface area contributed by atoms with Crippen LogP contribution >= 0.6 is 15.9 Å². The molecule has 2 amide bonds. The topological polar surface area (TPSA) is 101 Å². The summed E-state index contributed by atoms with van der Waals surface area (Å²) in [6, 6.07) is 3.36. The maximum absolute atomic E-state index is 12.6. The van der Waals surface area contributed by atoms with Crippen LogP contribution in [0.5, 0.6) is 5.75 Å². The number of piperidine rings is 1. The monoisotopic (exact) mass is 457 g/mol. The Morgan fingerprint density at radius 2 is 2.04 bits per heavy atom. The average molecular weight is 458 g/mol. The Kier molecular flexibility index (Phi) is 8.06. The zero-order chi connectivity index (χ0) is 20.7. The molecule has 0 aromatic carbocycles. The lowest BCUT2D eigenvalue weighted by molar-refractivity contribution is -0.129. The minimum atomic E-state index is -0.808. The average Bonchev–Trinajstić information content (AvgIpc) is 2.62. The lowest BCUT2D eigenvalue weighted by Gasteiger charge is -2.34. The molecule has 1 aromatic rings. The first-order valence-electron chi connectivity index (χ1n) is 9.35. The molecule has 8 nitrogen and oxygen atoms in total. The van der Waals surface area contributed by atoms with Gasteiger partial charge in [-0.25, -0.2) is 9.78 Å². The van der Waals surface area contributed by atoms with E-state index in [0.29, 0.717) is 36.3 Å². The van der Waals surface area contributed by atoms with E-state index in [4.69, 9.17) is 9.47 Å². The summed E-state index contributed by atoms with van der Waals surface area (Å²) in [5.74, 6) is 0.171. The van der Waals surface area contributed by atoms with Gasteiger partial charge >= 0.3 is 6.09 Å². The van der Waals surface area contributed by atoms with E-state index < -0.39 is 11.7 Å². The van der Waals surface area contributed by atoms with E-state index in [9.17, 15) is 14.7 Å². The lowest BCUT2D eigenvalue weighted by atomic mass is 10.0. The second-order valence-electron chi connectivity index (χ2n) is 7.69. The number of hydrogen-bond acceptors (Lipinski definition) is 6. The van der Waals surface area contributed by atoms with Crippen molar-refractivity contribution in [2.75, 3.05) is 19.7 Å². The highest BCUT2D eigenvalue weighted by Crippen LogP contribution is 2.18. The largest absolute Gasteiger partial charge is 0.479 e.